The van der Waals surface area contributed by atoms with Gasteiger partial charge in [-0.2, -0.15) is 0 Å². The molecule has 0 amide bonds. The van der Waals surface area contributed by atoms with E-state index in [0.717, 1.165) is 19.6 Å². The van der Waals surface area contributed by atoms with Crippen LogP contribution in [0.15, 0.2) is 28.7 Å². The molecule has 0 bridgehead atoms. The van der Waals surface area contributed by atoms with Crippen molar-refractivity contribution in [3.05, 3.63) is 35.7 Å². The molecule has 0 radical (unpaired) electrons. The molecule has 8 nitrogen and oxygen atoms in total. The number of ketones is 1. The number of nitrogens with zero attached hydrogens (tertiary/aromatic N) is 2. The first-order valence-electron chi connectivity index (χ1n) is 9.99. The second-order valence-electron chi connectivity index (χ2n) is 7.38. The zero-order valence-corrected chi connectivity index (χ0v) is 18.2. The molecular weight excluding hydrogens is 408 g/mol. The number of rotatable bonds is 10. The highest BCUT2D eigenvalue weighted by Crippen LogP contribution is 2.26. The van der Waals surface area contributed by atoms with Crippen molar-refractivity contribution in [2.75, 3.05) is 45.7 Å². The van der Waals surface area contributed by atoms with Gasteiger partial charge in [0.2, 0.25) is 5.89 Å². The summed E-state index contributed by atoms with van der Waals surface area (Å²) in [5, 5.41) is 0. The maximum atomic E-state index is 12.5. The minimum absolute atomic E-state index is 0.253. The highest BCUT2D eigenvalue weighted by Gasteiger charge is 2.22. The number of aromatic nitrogens is 1. The Bertz CT molecular complexity index is 964. The fourth-order valence-electron chi connectivity index (χ4n) is 3.34. The number of benzene rings is 1. The van der Waals surface area contributed by atoms with E-state index in [4.69, 9.17) is 13.9 Å². The highest BCUT2D eigenvalue weighted by atomic mass is 32.2. The first kappa shape index (κ1) is 22.5. The summed E-state index contributed by atoms with van der Waals surface area (Å²) in [6.45, 7) is 5.57. The predicted octanol–water partition coefficient (Wildman–Crippen LogP) is 2.25. The number of hydrogen-bond donors (Lipinski definition) is 0. The smallest absolute Gasteiger partial charge is 0.226 e. The Hall–Kier alpha value is -2.23. The summed E-state index contributed by atoms with van der Waals surface area (Å²) in [5.74, 6) is 0.348. The van der Waals surface area contributed by atoms with Gasteiger partial charge in [0.15, 0.2) is 9.84 Å². The van der Waals surface area contributed by atoms with Gasteiger partial charge < -0.3 is 13.9 Å². The van der Waals surface area contributed by atoms with Gasteiger partial charge >= 0.3 is 0 Å². The van der Waals surface area contributed by atoms with Gasteiger partial charge in [-0.05, 0) is 38.1 Å². The molecule has 1 aromatic carbocycles. The van der Waals surface area contributed by atoms with Gasteiger partial charge in [-0.25, -0.2) is 13.4 Å². The molecule has 0 saturated carbocycles. The standard InChI is InChI=1S/C21H28N2O6S/c1-16-20(22-21(29-16)17-5-3-7-19(13-17)27-2)15-30(25,26)14-18(24)6-4-8-23-9-11-28-12-10-23/h3,5,7,13H,4,6,8-12,14-15H2,1-2H3. The van der Waals surface area contributed by atoms with Crippen molar-refractivity contribution in [2.24, 2.45) is 0 Å². The molecule has 0 spiro atoms. The Morgan fingerprint density at radius 2 is 2.03 bits per heavy atom. The topological polar surface area (TPSA) is 98.9 Å². The van der Waals surface area contributed by atoms with Crippen molar-refractivity contribution in [1.29, 1.82) is 0 Å². The summed E-state index contributed by atoms with van der Waals surface area (Å²) in [6.07, 6.45) is 0.904. The van der Waals surface area contributed by atoms with Crippen LogP contribution in [-0.2, 0) is 25.1 Å². The second-order valence-corrected chi connectivity index (χ2v) is 9.45. The van der Waals surface area contributed by atoms with Gasteiger partial charge in [-0.15, -0.1) is 0 Å². The maximum Gasteiger partial charge on any atom is 0.226 e. The Labute approximate surface area is 177 Å². The van der Waals surface area contributed by atoms with E-state index in [0.29, 0.717) is 48.3 Å². The van der Waals surface area contributed by atoms with E-state index < -0.39 is 15.6 Å². The molecule has 0 atom stereocenters. The summed E-state index contributed by atoms with van der Waals surface area (Å²) in [6, 6.07) is 7.18. The fourth-order valence-corrected chi connectivity index (χ4v) is 4.76. The van der Waals surface area contributed by atoms with Crippen molar-refractivity contribution < 1.29 is 27.1 Å². The van der Waals surface area contributed by atoms with Crippen molar-refractivity contribution >= 4 is 15.6 Å². The normalized spacial score (nSPS) is 15.3. The summed E-state index contributed by atoms with van der Waals surface area (Å²) in [4.78, 5) is 18.8. The minimum atomic E-state index is -3.62. The Kier molecular flexibility index (Phi) is 7.63. The maximum absolute atomic E-state index is 12.5. The molecule has 1 saturated heterocycles. The molecule has 0 unspecified atom stereocenters. The molecule has 164 valence electrons. The Balaban J connectivity index is 1.55. The monoisotopic (exact) mass is 436 g/mol. The van der Waals surface area contributed by atoms with E-state index in [1.54, 1.807) is 32.2 Å². The summed E-state index contributed by atoms with van der Waals surface area (Å²) in [5.41, 5.74) is 1.02. The van der Waals surface area contributed by atoms with Crippen LogP contribution in [0.5, 0.6) is 5.75 Å². The largest absolute Gasteiger partial charge is 0.497 e. The van der Waals surface area contributed by atoms with Crippen molar-refractivity contribution in [2.45, 2.75) is 25.5 Å². The van der Waals surface area contributed by atoms with Gasteiger partial charge in [0, 0.05) is 25.1 Å². The van der Waals surface area contributed by atoms with E-state index >= 15 is 0 Å². The van der Waals surface area contributed by atoms with Gasteiger partial charge in [-0.1, -0.05) is 6.07 Å². The molecule has 0 aliphatic carbocycles. The van der Waals surface area contributed by atoms with E-state index in [-0.39, 0.29) is 18.0 Å². The lowest BCUT2D eigenvalue weighted by Crippen LogP contribution is -2.37. The quantitative estimate of drug-likeness (QED) is 0.559. The third kappa shape index (κ3) is 6.38. The number of Topliss-reactive ketones (excluding diaryl/α,β-unsaturated/α-hetero) is 1. The van der Waals surface area contributed by atoms with Crippen LogP contribution in [0, 0.1) is 6.92 Å². The number of sulfone groups is 1. The molecule has 9 heteroatoms. The first-order valence-corrected chi connectivity index (χ1v) is 11.8. The molecule has 1 aliphatic heterocycles. The number of carbonyl (C=O) groups is 1. The Morgan fingerprint density at radius 3 is 2.77 bits per heavy atom. The van der Waals surface area contributed by atoms with E-state index in [9.17, 15) is 13.2 Å². The number of aryl methyl sites for hydroxylation is 1. The molecule has 1 aromatic heterocycles. The predicted molar refractivity (Wildman–Crippen MR) is 112 cm³/mol. The van der Waals surface area contributed by atoms with Gasteiger partial charge in [0.1, 0.15) is 23.0 Å². The van der Waals surface area contributed by atoms with Crippen molar-refractivity contribution in [3.63, 3.8) is 0 Å². The molecule has 1 aliphatic rings. The van der Waals surface area contributed by atoms with E-state index in [1.807, 2.05) is 6.07 Å². The third-order valence-corrected chi connectivity index (χ3v) is 6.46. The lowest BCUT2D eigenvalue weighted by atomic mass is 10.2. The van der Waals surface area contributed by atoms with Crippen LogP contribution >= 0.6 is 0 Å². The second kappa shape index (κ2) is 10.2. The van der Waals surface area contributed by atoms with Crippen LogP contribution in [0.2, 0.25) is 0 Å². The van der Waals surface area contributed by atoms with E-state index in [1.165, 1.54) is 0 Å². The summed E-state index contributed by atoms with van der Waals surface area (Å²) in [7, 11) is -2.06. The molecule has 1 fully saturated rings. The average molecular weight is 437 g/mol. The van der Waals surface area contributed by atoms with Crippen molar-refractivity contribution in [3.8, 4) is 17.2 Å². The number of hydrogen-bond acceptors (Lipinski definition) is 8. The van der Waals surface area contributed by atoms with Crippen LogP contribution < -0.4 is 4.74 Å². The molecule has 30 heavy (non-hydrogen) atoms. The van der Waals surface area contributed by atoms with Crippen molar-refractivity contribution in [1.82, 2.24) is 9.88 Å². The van der Waals surface area contributed by atoms with Gasteiger partial charge in [0.05, 0.1) is 31.8 Å². The molecular formula is C21H28N2O6S. The summed E-state index contributed by atoms with van der Waals surface area (Å²) >= 11 is 0. The van der Waals surface area contributed by atoms with Crippen LogP contribution in [0.4, 0.5) is 0 Å². The highest BCUT2D eigenvalue weighted by molar-refractivity contribution is 7.91. The van der Waals surface area contributed by atoms with Crippen LogP contribution in [0.25, 0.3) is 11.5 Å². The lowest BCUT2D eigenvalue weighted by molar-refractivity contribution is -0.116. The lowest BCUT2D eigenvalue weighted by Gasteiger charge is -2.26. The first-order chi connectivity index (χ1) is 14.4. The van der Waals surface area contributed by atoms with Gasteiger partial charge in [-0.3, -0.25) is 9.69 Å². The number of oxazole rings is 1. The minimum Gasteiger partial charge on any atom is -0.497 e. The molecule has 2 aromatic rings. The molecule has 2 heterocycles. The third-order valence-electron chi connectivity index (χ3n) is 4.98. The zero-order chi connectivity index (χ0) is 21.6. The van der Waals surface area contributed by atoms with Crippen LogP contribution in [0.3, 0.4) is 0 Å². The summed E-state index contributed by atoms with van der Waals surface area (Å²) < 4.78 is 41.2. The average Bonchev–Trinajstić information content (AvgIpc) is 3.08. The molecule has 3 rings (SSSR count). The Morgan fingerprint density at radius 1 is 1.27 bits per heavy atom. The zero-order valence-electron chi connectivity index (χ0n) is 17.4. The number of ether oxygens (including phenoxy) is 2. The number of carbonyl (C=O) groups excluding carboxylic acids is 1. The SMILES string of the molecule is COc1cccc(-c2nc(CS(=O)(=O)CC(=O)CCCN3CCOCC3)c(C)o2)c1. The molecule has 0 N–H and O–H groups in total. The van der Waals surface area contributed by atoms with Crippen LogP contribution in [-0.4, -0.2) is 69.8 Å². The number of morpholine rings is 1. The number of methoxy groups -OCH3 is 1. The fraction of sp³-hybridized carbons (Fsp3) is 0.524. The van der Waals surface area contributed by atoms with Crippen LogP contribution in [0.1, 0.15) is 24.3 Å². The van der Waals surface area contributed by atoms with E-state index in [2.05, 4.69) is 9.88 Å². The van der Waals surface area contributed by atoms with Gasteiger partial charge in [0.25, 0.3) is 0 Å².